The first-order valence-electron chi connectivity index (χ1n) is 6.83. The number of thioether (sulfide) groups is 1. The van der Waals surface area contributed by atoms with E-state index in [4.69, 9.17) is 21.1 Å². The first-order chi connectivity index (χ1) is 11.1. The fraction of sp³-hybridized carbons (Fsp3) is 0.188. The molecular formula is C16H13ClFNO3S. The Morgan fingerprint density at radius 1 is 1.22 bits per heavy atom. The van der Waals surface area contributed by atoms with Crippen LogP contribution in [0.5, 0.6) is 11.5 Å². The maximum Gasteiger partial charge on any atom is 0.234 e. The van der Waals surface area contributed by atoms with Crippen molar-refractivity contribution in [2.75, 3.05) is 17.9 Å². The molecule has 4 nitrogen and oxygen atoms in total. The highest BCUT2D eigenvalue weighted by Gasteiger charge is 2.14. The molecule has 1 amide bonds. The third kappa shape index (κ3) is 4.09. The van der Waals surface area contributed by atoms with Gasteiger partial charge in [0.25, 0.3) is 0 Å². The number of fused-ring (bicyclic) bond motifs is 1. The van der Waals surface area contributed by atoms with Gasteiger partial charge in [0.15, 0.2) is 11.5 Å². The Morgan fingerprint density at radius 3 is 2.87 bits per heavy atom. The number of hydrogen-bond acceptors (Lipinski definition) is 4. The van der Waals surface area contributed by atoms with Gasteiger partial charge >= 0.3 is 0 Å². The van der Waals surface area contributed by atoms with E-state index in [9.17, 15) is 9.18 Å². The van der Waals surface area contributed by atoms with Gasteiger partial charge in [-0.25, -0.2) is 4.39 Å². The van der Waals surface area contributed by atoms with Gasteiger partial charge < -0.3 is 14.8 Å². The molecule has 3 rings (SSSR count). The number of halogens is 2. The van der Waals surface area contributed by atoms with Gasteiger partial charge in [0, 0.05) is 22.5 Å². The molecule has 23 heavy (non-hydrogen) atoms. The molecule has 0 radical (unpaired) electrons. The van der Waals surface area contributed by atoms with Crippen LogP contribution in [-0.2, 0) is 10.5 Å². The Labute approximate surface area is 141 Å². The number of carbonyl (C=O) groups is 1. The number of benzene rings is 2. The van der Waals surface area contributed by atoms with E-state index in [0.29, 0.717) is 33.5 Å². The van der Waals surface area contributed by atoms with Crippen molar-refractivity contribution in [3.05, 3.63) is 52.8 Å². The second-order valence-corrected chi connectivity index (χ2v) is 6.27. The normalized spacial score (nSPS) is 12.3. The van der Waals surface area contributed by atoms with Gasteiger partial charge in [-0.1, -0.05) is 17.7 Å². The molecule has 2 aromatic rings. The summed E-state index contributed by atoms with van der Waals surface area (Å²) in [5.41, 5.74) is 1.16. The summed E-state index contributed by atoms with van der Waals surface area (Å²) in [4.78, 5) is 11.9. The number of ether oxygens (including phenoxy) is 2. The van der Waals surface area contributed by atoms with Crippen molar-refractivity contribution in [1.29, 1.82) is 0 Å². The van der Waals surface area contributed by atoms with Crippen molar-refractivity contribution in [2.24, 2.45) is 0 Å². The van der Waals surface area contributed by atoms with Crippen LogP contribution >= 0.6 is 23.4 Å². The summed E-state index contributed by atoms with van der Waals surface area (Å²) in [6.07, 6.45) is 0. The average molecular weight is 354 g/mol. The fourth-order valence-corrected chi connectivity index (χ4v) is 3.04. The SMILES string of the molecule is O=C(CSCc1ccc(Cl)cc1F)Nc1ccc2c(c1)OCO2. The van der Waals surface area contributed by atoms with Crippen LogP contribution in [0.2, 0.25) is 5.02 Å². The molecule has 1 aliphatic heterocycles. The minimum atomic E-state index is -0.360. The molecule has 0 saturated heterocycles. The van der Waals surface area contributed by atoms with Crippen molar-refractivity contribution >= 4 is 35.0 Å². The van der Waals surface area contributed by atoms with E-state index >= 15 is 0 Å². The van der Waals surface area contributed by atoms with Crippen LogP contribution in [0.4, 0.5) is 10.1 Å². The van der Waals surface area contributed by atoms with Crippen LogP contribution in [0.1, 0.15) is 5.56 Å². The number of anilines is 1. The quantitative estimate of drug-likeness (QED) is 0.879. The monoisotopic (exact) mass is 353 g/mol. The molecule has 0 atom stereocenters. The molecule has 1 N–H and O–H groups in total. The van der Waals surface area contributed by atoms with Gasteiger partial charge in [-0.2, -0.15) is 0 Å². The van der Waals surface area contributed by atoms with Crippen LogP contribution in [0.15, 0.2) is 36.4 Å². The molecule has 0 aliphatic carbocycles. The predicted octanol–water partition coefficient (Wildman–Crippen LogP) is 4.08. The second-order valence-electron chi connectivity index (χ2n) is 4.84. The molecule has 0 bridgehead atoms. The smallest absolute Gasteiger partial charge is 0.234 e. The van der Waals surface area contributed by atoms with Crippen LogP contribution in [0, 0.1) is 5.82 Å². The molecule has 0 fully saturated rings. The molecule has 120 valence electrons. The van der Waals surface area contributed by atoms with Gasteiger partial charge in [0.05, 0.1) is 5.75 Å². The lowest BCUT2D eigenvalue weighted by Crippen LogP contribution is -2.14. The summed E-state index contributed by atoms with van der Waals surface area (Å²) in [5, 5.41) is 3.13. The van der Waals surface area contributed by atoms with Gasteiger partial charge in [-0.15, -0.1) is 11.8 Å². The number of carbonyl (C=O) groups excluding carboxylic acids is 1. The van der Waals surface area contributed by atoms with E-state index in [1.54, 1.807) is 30.3 Å². The third-order valence-electron chi connectivity index (χ3n) is 3.16. The maximum absolute atomic E-state index is 13.6. The average Bonchev–Trinajstić information content (AvgIpc) is 2.97. The van der Waals surface area contributed by atoms with E-state index in [1.807, 2.05) is 0 Å². The van der Waals surface area contributed by atoms with Gasteiger partial charge in [-0.3, -0.25) is 4.79 Å². The van der Waals surface area contributed by atoms with Crippen LogP contribution in [-0.4, -0.2) is 18.5 Å². The Morgan fingerprint density at radius 2 is 2.04 bits per heavy atom. The van der Waals surface area contributed by atoms with Crippen molar-refractivity contribution < 1.29 is 18.7 Å². The lowest BCUT2D eigenvalue weighted by Gasteiger charge is -2.07. The van der Waals surface area contributed by atoms with Crippen molar-refractivity contribution in [3.8, 4) is 11.5 Å². The first kappa shape index (κ1) is 16.0. The Hall–Kier alpha value is -1.92. The predicted molar refractivity (Wildman–Crippen MR) is 88.8 cm³/mol. The summed E-state index contributed by atoms with van der Waals surface area (Å²) >= 11 is 7.03. The Kier molecular flexibility index (Phi) is 4.93. The van der Waals surface area contributed by atoms with Crippen molar-refractivity contribution in [2.45, 2.75) is 5.75 Å². The third-order valence-corrected chi connectivity index (χ3v) is 4.38. The zero-order chi connectivity index (χ0) is 16.2. The van der Waals surface area contributed by atoms with Crippen molar-refractivity contribution in [3.63, 3.8) is 0 Å². The highest BCUT2D eigenvalue weighted by atomic mass is 35.5. The fourth-order valence-electron chi connectivity index (χ4n) is 2.06. The van der Waals surface area contributed by atoms with Crippen LogP contribution < -0.4 is 14.8 Å². The zero-order valence-electron chi connectivity index (χ0n) is 12.0. The molecule has 1 aliphatic rings. The lowest BCUT2D eigenvalue weighted by molar-refractivity contribution is -0.113. The van der Waals surface area contributed by atoms with E-state index < -0.39 is 0 Å². The molecule has 1 heterocycles. The van der Waals surface area contributed by atoms with Crippen LogP contribution in [0.3, 0.4) is 0 Å². The minimum Gasteiger partial charge on any atom is -0.454 e. The topological polar surface area (TPSA) is 47.6 Å². The zero-order valence-corrected chi connectivity index (χ0v) is 13.5. The second kappa shape index (κ2) is 7.10. The van der Waals surface area contributed by atoms with Gasteiger partial charge in [0.2, 0.25) is 12.7 Å². The largest absolute Gasteiger partial charge is 0.454 e. The van der Waals surface area contributed by atoms with E-state index in [1.165, 1.54) is 17.8 Å². The number of nitrogens with one attached hydrogen (secondary N) is 1. The molecule has 0 unspecified atom stereocenters. The molecule has 2 aromatic carbocycles. The highest BCUT2D eigenvalue weighted by Crippen LogP contribution is 2.34. The summed E-state index contributed by atoms with van der Waals surface area (Å²) in [7, 11) is 0. The molecule has 0 spiro atoms. The summed E-state index contributed by atoms with van der Waals surface area (Å²) < 4.78 is 24.1. The Balaban J connectivity index is 1.50. The first-order valence-corrected chi connectivity index (χ1v) is 8.36. The molecular weight excluding hydrogens is 341 g/mol. The summed E-state index contributed by atoms with van der Waals surface area (Å²) in [5.74, 6) is 1.37. The van der Waals surface area contributed by atoms with E-state index in [-0.39, 0.29) is 24.3 Å². The summed E-state index contributed by atoms with van der Waals surface area (Å²) in [6, 6.07) is 9.73. The molecule has 0 saturated carbocycles. The standard InChI is InChI=1S/C16H13ClFNO3S/c17-11-2-1-10(13(18)5-11)7-23-8-16(20)19-12-3-4-14-15(6-12)22-9-21-14/h1-6H,7-9H2,(H,19,20). The van der Waals surface area contributed by atoms with Gasteiger partial charge in [-0.05, 0) is 29.8 Å². The van der Waals surface area contributed by atoms with Crippen molar-refractivity contribution in [1.82, 2.24) is 0 Å². The van der Waals surface area contributed by atoms with Crippen LogP contribution in [0.25, 0.3) is 0 Å². The molecule has 7 heteroatoms. The summed E-state index contributed by atoms with van der Waals surface area (Å²) in [6.45, 7) is 0.190. The Bertz CT molecular complexity index is 741. The maximum atomic E-state index is 13.6. The lowest BCUT2D eigenvalue weighted by atomic mass is 10.2. The van der Waals surface area contributed by atoms with Gasteiger partial charge in [0.1, 0.15) is 5.82 Å². The minimum absolute atomic E-state index is 0.164. The number of amides is 1. The highest BCUT2D eigenvalue weighted by molar-refractivity contribution is 7.99. The number of rotatable bonds is 5. The molecule has 0 aromatic heterocycles. The van der Waals surface area contributed by atoms with E-state index in [2.05, 4.69) is 5.32 Å². The van der Waals surface area contributed by atoms with E-state index in [0.717, 1.165) is 0 Å². The number of hydrogen-bond donors (Lipinski definition) is 1.